The van der Waals surface area contributed by atoms with Crippen LogP contribution in [0.15, 0.2) is 57.4 Å². The molecule has 4 N–H and O–H groups in total. The molecule has 0 aliphatic carbocycles. The molecule has 10 nitrogen and oxygen atoms in total. The molecule has 2 heterocycles. The van der Waals surface area contributed by atoms with Crippen molar-refractivity contribution in [2.24, 2.45) is 0 Å². The normalized spacial score (nSPS) is 10.8. The number of rotatable bonds is 6. The van der Waals surface area contributed by atoms with E-state index < -0.39 is 17.1 Å². The summed E-state index contributed by atoms with van der Waals surface area (Å²) in [5, 5.41) is 12.0. The smallest absolute Gasteiger partial charge is 0.321 e. The molecule has 4 rings (SSSR count). The van der Waals surface area contributed by atoms with Gasteiger partial charge in [-0.3, -0.25) is 29.9 Å². The van der Waals surface area contributed by atoms with E-state index in [1.54, 1.807) is 24.6 Å². The summed E-state index contributed by atoms with van der Waals surface area (Å²) in [5.74, 6) is -0.746. The van der Waals surface area contributed by atoms with Crippen molar-refractivity contribution in [3.8, 4) is 0 Å². The number of carbonyl (C=O) groups is 2. The first-order chi connectivity index (χ1) is 16.3. The summed E-state index contributed by atoms with van der Waals surface area (Å²) in [4.78, 5) is 54.4. The number of carbonyl (C=O) groups excluding carboxylic acids is 2. The Morgan fingerprint density at radius 1 is 1.09 bits per heavy atom. The molecule has 0 bridgehead atoms. The molecule has 0 spiro atoms. The SMILES string of the molecule is CN(Cc1csc(NC(=O)NCc2cccc(F)c2)n1)C(=O)c1ccc2c(=O)[nH][nH]c(=O)c2c1. The molecule has 0 atom stereocenters. The van der Waals surface area contributed by atoms with E-state index in [0.29, 0.717) is 16.4 Å². The fraction of sp³-hybridized carbons (Fsp3) is 0.136. The summed E-state index contributed by atoms with van der Waals surface area (Å²) >= 11 is 1.19. The van der Waals surface area contributed by atoms with E-state index in [9.17, 15) is 23.6 Å². The summed E-state index contributed by atoms with van der Waals surface area (Å²) in [7, 11) is 1.58. The second-order valence-corrected chi connectivity index (χ2v) is 8.27. The number of H-pyrrole nitrogens is 2. The van der Waals surface area contributed by atoms with E-state index in [-0.39, 0.29) is 41.1 Å². The molecule has 0 unspecified atom stereocenters. The van der Waals surface area contributed by atoms with Crippen molar-refractivity contribution in [1.29, 1.82) is 0 Å². The Morgan fingerprint density at radius 3 is 2.62 bits per heavy atom. The Balaban J connectivity index is 1.36. The molecule has 3 amide bonds. The van der Waals surface area contributed by atoms with Crippen molar-refractivity contribution in [3.63, 3.8) is 0 Å². The summed E-state index contributed by atoms with van der Waals surface area (Å²) in [6, 6.07) is 9.70. The van der Waals surface area contributed by atoms with Gasteiger partial charge in [0.25, 0.3) is 17.0 Å². The Labute approximate surface area is 195 Å². The number of halogens is 1. The largest absolute Gasteiger partial charge is 0.336 e. The number of hydrogen-bond acceptors (Lipinski definition) is 6. The predicted octanol–water partition coefficient (Wildman–Crippen LogP) is 2.41. The first-order valence-corrected chi connectivity index (χ1v) is 10.9. The molecule has 34 heavy (non-hydrogen) atoms. The first kappa shape index (κ1) is 22.9. The number of benzene rings is 2. The number of hydrogen-bond donors (Lipinski definition) is 4. The quantitative estimate of drug-likeness (QED) is 0.334. The molecule has 0 saturated carbocycles. The zero-order chi connectivity index (χ0) is 24.2. The van der Waals surface area contributed by atoms with Crippen LogP contribution in [-0.4, -0.2) is 39.1 Å². The van der Waals surface area contributed by atoms with Gasteiger partial charge in [-0.05, 0) is 35.9 Å². The standard InChI is InChI=1S/C22H19FN6O4S/c1-29(20(32)13-5-6-16-17(8-13)19(31)28-27-18(16)30)10-15-11-34-22(25-15)26-21(33)24-9-12-3-2-4-14(23)7-12/h2-8,11H,9-10H2,1H3,(H,27,30)(H,28,31)(H2,24,25,26,33). The number of amides is 3. The Kier molecular flexibility index (Phi) is 6.50. The van der Waals surface area contributed by atoms with Crippen molar-refractivity contribution in [2.75, 3.05) is 12.4 Å². The van der Waals surface area contributed by atoms with Gasteiger partial charge >= 0.3 is 6.03 Å². The maximum absolute atomic E-state index is 13.2. The van der Waals surface area contributed by atoms with Gasteiger partial charge in [-0.1, -0.05) is 12.1 Å². The van der Waals surface area contributed by atoms with Gasteiger partial charge in [0.05, 0.1) is 23.0 Å². The van der Waals surface area contributed by atoms with Crippen LogP contribution >= 0.6 is 11.3 Å². The van der Waals surface area contributed by atoms with Crippen LogP contribution in [-0.2, 0) is 13.1 Å². The molecule has 0 aliphatic heterocycles. The highest BCUT2D eigenvalue weighted by atomic mass is 32.1. The number of thiazole rings is 1. The molecule has 12 heteroatoms. The average molecular weight is 482 g/mol. The lowest BCUT2D eigenvalue weighted by Crippen LogP contribution is -2.28. The van der Waals surface area contributed by atoms with Gasteiger partial charge in [0.15, 0.2) is 5.13 Å². The number of urea groups is 1. The monoisotopic (exact) mass is 482 g/mol. The van der Waals surface area contributed by atoms with Crippen LogP contribution < -0.4 is 21.8 Å². The second kappa shape index (κ2) is 9.67. The van der Waals surface area contributed by atoms with Crippen LogP contribution in [0.3, 0.4) is 0 Å². The van der Waals surface area contributed by atoms with E-state index >= 15 is 0 Å². The molecule has 0 saturated heterocycles. The highest BCUT2D eigenvalue weighted by Crippen LogP contribution is 2.18. The molecule has 0 radical (unpaired) electrons. The highest BCUT2D eigenvalue weighted by Gasteiger charge is 2.16. The van der Waals surface area contributed by atoms with Crippen LogP contribution in [0.4, 0.5) is 14.3 Å². The Bertz CT molecular complexity index is 1490. The van der Waals surface area contributed by atoms with Gasteiger partial charge in [0.2, 0.25) is 0 Å². The number of aromatic nitrogens is 3. The lowest BCUT2D eigenvalue weighted by atomic mass is 10.1. The third kappa shape index (κ3) is 5.18. The van der Waals surface area contributed by atoms with Crippen molar-refractivity contribution >= 4 is 39.2 Å². The van der Waals surface area contributed by atoms with E-state index in [1.165, 1.54) is 46.6 Å². The molecule has 2 aromatic carbocycles. The third-order valence-corrected chi connectivity index (χ3v) is 5.71. The lowest BCUT2D eigenvalue weighted by Gasteiger charge is -2.16. The van der Waals surface area contributed by atoms with Gasteiger partial charge in [0.1, 0.15) is 5.82 Å². The maximum atomic E-state index is 13.2. The van der Waals surface area contributed by atoms with Gasteiger partial charge in [-0.2, -0.15) is 0 Å². The fourth-order valence-corrected chi connectivity index (χ4v) is 3.95. The zero-order valence-corrected chi connectivity index (χ0v) is 18.7. The predicted molar refractivity (Wildman–Crippen MR) is 125 cm³/mol. The van der Waals surface area contributed by atoms with E-state index in [1.807, 2.05) is 0 Å². The van der Waals surface area contributed by atoms with Crippen molar-refractivity contribution in [3.05, 3.63) is 91.2 Å². The highest BCUT2D eigenvalue weighted by molar-refractivity contribution is 7.13. The first-order valence-electron chi connectivity index (χ1n) is 10.0. The van der Waals surface area contributed by atoms with Gasteiger partial charge in [-0.15, -0.1) is 11.3 Å². The fourth-order valence-electron chi connectivity index (χ4n) is 3.25. The minimum atomic E-state index is -0.502. The Morgan fingerprint density at radius 2 is 1.85 bits per heavy atom. The molecule has 0 aliphatic rings. The number of fused-ring (bicyclic) bond motifs is 1. The van der Waals surface area contributed by atoms with E-state index in [0.717, 1.165) is 0 Å². The average Bonchev–Trinajstić information content (AvgIpc) is 3.26. The van der Waals surface area contributed by atoms with Crippen LogP contribution in [0.25, 0.3) is 10.8 Å². The van der Waals surface area contributed by atoms with Crippen LogP contribution in [0, 0.1) is 5.82 Å². The zero-order valence-electron chi connectivity index (χ0n) is 17.8. The van der Waals surface area contributed by atoms with Crippen LogP contribution in [0.1, 0.15) is 21.6 Å². The molecule has 174 valence electrons. The van der Waals surface area contributed by atoms with Crippen molar-refractivity contribution < 1.29 is 14.0 Å². The maximum Gasteiger partial charge on any atom is 0.321 e. The topological polar surface area (TPSA) is 140 Å². The molecule has 0 fully saturated rings. The molecular formula is C22H19FN6O4S. The minimum Gasteiger partial charge on any atom is -0.336 e. The van der Waals surface area contributed by atoms with Gasteiger partial charge in [0, 0.05) is 24.5 Å². The molecule has 4 aromatic rings. The van der Waals surface area contributed by atoms with Crippen LogP contribution in [0.2, 0.25) is 0 Å². The number of nitrogens with one attached hydrogen (secondary N) is 4. The Hall–Kier alpha value is -4.32. The van der Waals surface area contributed by atoms with Crippen LogP contribution in [0.5, 0.6) is 0 Å². The van der Waals surface area contributed by atoms with E-state index in [4.69, 9.17) is 0 Å². The number of anilines is 1. The summed E-state index contributed by atoms with van der Waals surface area (Å²) in [5.41, 5.74) is 0.463. The summed E-state index contributed by atoms with van der Waals surface area (Å²) < 4.78 is 13.2. The summed E-state index contributed by atoms with van der Waals surface area (Å²) in [6.45, 7) is 0.311. The third-order valence-electron chi connectivity index (χ3n) is 4.91. The summed E-state index contributed by atoms with van der Waals surface area (Å²) in [6.07, 6.45) is 0. The second-order valence-electron chi connectivity index (χ2n) is 7.41. The molecular weight excluding hydrogens is 463 g/mol. The van der Waals surface area contributed by atoms with Crippen molar-refractivity contribution in [2.45, 2.75) is 13.1 Å². The number of aromatic amines is 2. The van der Waals surface area contributed by atoms with Gasteiger partial charge < -0.3 is 10.2 Å². The molecule has 2 aromatic heterocycles. The lowest BCUT2D eigenvalue weighted by molar-refractivity contribution is 0.0784. The van der Waals surface area contributed by atoms with Crippen molar-refractivity contribution in [1.82, 2.24) is 25.4 Å². The van der Waals surface area contributed by atoms with E-state index in [2.05, 4.69) is 25.8 Å². The van der Waals surface area contributed by atoms with Gasteiger partial charge in [-0.25, -0.2) is 14.2 Å². The number of nitrogens with zero attached hydrogens (tertiary/aromatic N) is 2. The minimum absolute atomic E-state index is 0.118.